The van der Waals surface area contributed by atoms with Crippen molar-refractivity contribution in [2.24, 2.45) is 0 Å². The fourth-order valence-corrected chi connectivity index (χ4v) is 3.93. The van der Waals surface area contributed by atoms with Gasteiger partial charge in [-0.25, -0.2) is 9.78 Å². The minimum atomic E-state index is -0.444. The first kappa shape index (κ1) is 28.7. The molecule has 0 fully saturated rings. The highest BCUT2D eigenvalue weighted by molar-refractivity contribution is 6.31. The second-order valence-corrected chi connectivity index (χ2v) is 8.54. The first-order valence-corrected chi connectivity index (χ1v) is 12.2. The Hall–Kier alpha value is -3.82. The van der Waals surface area contributed by atoms with Gasteiger partial charge < -0.3 is 14.2 Å². The van der Waals surface area contributed by atoms with Crippen LogP contribution in [0.1, 0.15) is 40.2 Å². The van der Waals surface area contributed by atoms with Gasteiger partial charge in [0.2, 0.25) is 0 Å². The third-order valence-electron chi connectivity index (χ3n) is 5.55. The number of halogens is 2. The number of benzene rings is 3. The maximum atomic E-state index is 12.3. The molecule has 1 heterocycles. The molecule has 4 aromatic rings. The molecule has 0 saturated heterocycles. The fraction of sp³-hybridized carbons (Fsp3) is 0.161. The first-order chi connectivity index (χ1) is 18.1. The van der Waals surface area contributed by atoms with Crippen LogP contribution in [0, 0.1) is 12.3 Å². The van der Waals surface area contributed by atoms with Crippen molar-refractivity contribution in [3.05, 3.63) is 106 Å². The number of nitrogens with zero attached hydrogens (tertiary/aromatic N) is 1. The number of pyridine rings is 1. The van der Waals surface area contributed by atoms with E-state index in [0.717, 1.165) is 27.7 Å². The normalized spacial score (nSPS) is 11.5. The number of para-hydroxylation sites is 1. The van der Waals surface area contributed by atoms with Crippen molar-refractivity contribution in [2.75, 3.05) is 19.8 Å². The molecule has 0 N–H and O–H groups in total. The third kappa shape index (κ3) is 7.60. The zero-order valence-corrected chi connectivity index (χ0v) is 22.4. The van der Waals surface area contributed by atoms with Gasteiger partial charge in [-0.05, 0) is 60.5 Å². The molecule has 0 spiro atoms. The van der Waals surface area contributed by atoms with E-state index in [2.05, 4.69) is 10.9 Å². The van der Waals surface area contributed by atoms with Gasteiger partial charge >= 0.3 is 5.97 Å². The van der Waals surface area contributed by atoms with Crippen molar-refractivity contribution in [1.82, 2.24) is 4.98 Å². The molecule has 0 aliphatic heterocycles. The van der Waals surface area contributed by atoms with Crippen molar-refractivity contribution >= 4 is 53.0 Å². The van der Waals surface area contributed by atoms with E-state index in [-0.39, 0.29) is 32.2 Å². The lowest BCUT2D eigenvalue weighted by Crippen LogP contribution is -2.16. The van der Waals surface area contributed by atoms with E-state index < -0.39 is 12.1 Å². The lowest BCUT2D eigenvalue weighted by Gasteiger charge is -2.19. The third-order valence-corrected chi connectivity index (χ3v) is 5.78. The van der Waals surface area contributed by atoms with Gasteiger partial charge in [-0.2, -0.15) is 0 Å². The summed E-state index contributed by atoms with van der Waals surface area (Å²) in [5.41, 5.74) is 3.88. The Morgan fingerprint density at radius 3 is 2.68 bits per heavy atom. The van der Waals surface area contributed by atoms with E-state index in [9.17, 15) is 4.79 Å². The van der Waals surface area contributed by atoms with Crippen molar-refractivity contribution in [2.45, 2.75) is 13.0 Å². The van der Waals surface area contributed by atoms with Crippen LogP contribution in [0.2, 0.25) is 5.02 Å². The van der Waals surface area contributed by atoms with E-state index in [1.165, 1.54) is 0 Å². The summed E-state index contributed by atoms with van der Waals surface area (Å²) in [6.45, 7) is 2.33. The molecule has 194 valence electrons. The molecule has 0 aliphatic carbocycles. The van der Waals surface area contributed by atoms with Crippen molar-refractivity contribution < 1.29 is 19.0 Å². The standard InChI is InChI=1S/C31H26ClNO4.ClH/c1-3-18-36-30(21-37-29-11-6-5-10-27(29)31(34)35-4-2)24-9-7-8-22(19-24)12-16-26-17-14-23-13-15-25(32)20-28(23)33-26;/h1,5-17,19-20,30H,4,18,21H2,2H3;1H/b16-12+;. The SMILES string of the molecule is C#CCOC(COc1ccccc1C(=O)OCC)c1cccc(/C=C/c2ccc3ccc(Cl)cc3n2)c1.Cl. The van der Waals surface area contributed by atoms with Gasteiger partial charge in [0.15, 0.2) is 0 Å². The number of carbonyl (C=O) groups is 1. The number of terminal acetylenes is 1. The van der Waals surface area contributed by atoms with Crippen molar-refractivity contribution in [3.63, 3.8) is 0 Å². The predicted molar refractivity (Wildman–Crippen MR) is 155 cm³/mol. The van der Waals surface area contributed by atoms with Gasteiger partial charge in [-0.15, -0.1) is 18.8 Å². The summed E-state index contributed by atoms with van der Waals surface area (Å²) in [6, 6.07) is 24.5. The highest BCUT2D eigenvalue weighted by Gasteiger charge is 2.17. The highest BCUT2D eigenvalue weighted by atomic mass is 35.5. The number of ether oxygens (including phenoxy) is 3. The Bertz CT molecular complexity index is 1460. The molecule has 0 amide bonds. The Kier molecular flexibility index (Phi) is 10.7. The number of hydrogen-bond acceptors (Lipinski definition) is 5. The maximum absolute atomic E-state index is 12.3. The van der Waals surface area contributed by atoms with Crippen LogP contribution in [0.4, 0.5) is 0 Å². The average Bonchev–Trinajstić information content (AvgIpc) is 2.92. The lowest BCUT2D eigenvalue weighted by atomic mass is 10.1. The molecule has 1 unspecified atom stereocenters. The largest absolute Gasteiger partial charge is 0.490 e. The Morgan fingerprint density at radius 1 is 1.05 bits per heavy atom. The van der Waals surface area contributed by atoms with Crippen LogP contribution >= 0.6 is 24.0 Å². The Balaban J connectivity index is 0.00000400. The molecule has 0 bridgehead atoms. The topological polar surface area (TPSA) is 57.7 Å². The maximum Gasteiger partial charge on any atom is 0.341 e. The van der Waals surface area contributed by atoms with Gasteiger partial charge in [-0.1, -0.05) is 66.1 Å². The minimum Gasteiger partial charge on any atom is -0.490 e. The van der Waals surface area contributed by atoms with Crippen LogP contribution in [0.3, 0.4) is 0 Å². The zero-order valence-electron chi connectivity index (χ0n) is 20.8. The number of hydrogen-bond donors (Lipinski definition) is 0. The Morgan fingerprint density at radius 2 is 1.87 bits per heavy atom. The molecule has 7 heteroatoms. The van der Waals surface area contributed by atoms with Gasteiger partial charge in [0, 0.05) is 10.4 Å². The fourth-order valence-electron chi connectivity index (χ4n) is 3.77. The monoisotopic (exact) mass is 547 g/mol. The molecule has 3 aromatic carbocycles. The molecule has 5 nitrogen and oxygen atoms in total. The van der Waals surface area contributed by atoms with Crippen LogP contribution in [0.15, 0.2) is 78.9 Å². The van der Waals surface area contributed by atoms with Gasteiger partial charge in [0.05, 0.1) is 17.8 Å². The summed E-state index contributed by atoms with van der Waals surface area (Å²) in [5.74, 6) is 2.50. The lowest BCUT2D eigenvalue weighted by molar-refractivity contribution is 0.0365. The van der Waals surface area contributed by atoms with Crippen LogP contribution in [0.5, 0.6) is 5.75 Å². The second kappa shape index (κ2) is 14.2. The number of carbonyl (C=O) groups excluding carboxylic acids is 1. The van der Waals surface area contributed by atoms with Gasteiger partial charge in [0.25, 0.3) is 0 Å². The van der Waals surface area contributed by atoms with Gasteiger partial charge in [0.1, 0.15) is 30.6 Å². The summed E-state index contributed by atoms with van der Waals surface area (Å²) in [6.07, 6.45) is 8.93. The molecule has 38 heavy (non-hydrogen) atoms. The number of esters is 1. The molecule has 0 aliphatic rings. The summed E-state index contributed by atoms with van der Waals surface area (Å²) in [4.78, 5) is 17.0. The second-order valence-electron chi connectivity index (χ2n) is 8.11. The van der Waals surface area contributed by atoms with Crippen molar-refractivity contribution in [3.8, 4) is 18.1 Å². The molecule has 1 atom stereocenters. The van der Waals surface area contributed by atoms with E-state index in [0.29, 0.717) is 16.3 Å². The molecule has 0 radical (unpaired) electrons. The molecular formula is C31H27Cl2NO4. The smallest absolute Gasteiger partial charge is 0.341 e. The molecule has 1 aromatic heterocycles. The highest BCUT2D eigenvalue weighted by Crippen LogP contribution is 2.25. The summed E-state index contributed by atoms with van der Waals surface area (Å²) < 4.78 is 17.0. The molecular weight excluding hydrogens is 521 g/mol. The van der Waals surface area contributed by atoms with Crippen LogP contribution < -0.4 is 4.74 Å². The average molecular weight is 548 g/mol. The quantitative estimate of drug-likeness (QED) is 0.152. The summed E-state index contributed by atoms with van der Waals surface area (Å²) in [5, 5.41) is 1.68. The Labute approximate surface area is 233 Å². The van der Waals surface area contributed by atoms with Crippen LogP contribution in [-0.4, -0.2) is 30.8 Å². The predicted octanol–water partition coefficient (Wildman–Crippen LogP) is 7.43. The minimum absolute atomic E-state index is 0. The summed E-state index contributed by atoms with van der Waals surface area (Å²) >= 11 is 6.11. The number of rotatable bonds is 10. The van der Waals surface area contributed by atoms with E-state index in [1.807, 2.05) is 66.7 Å². The zero-order chi connectivity index (χ0) is 26.0. The van der Waals surface area contributed by atoms with E-state index in [4.69, 9.17) is 32.2 Å². The van der Waals surface area contributed by atoms with E-state index >= 15 is 0 Å². The van der Waals surface area contributed by atoms with Crippen molar-refractivity contribution in [1.29, 1.82) is 0 Å². The summed E-state index contributed by atoms with van der Waals surface area (Å²) in [7, 11) is 0. The number of aromatic nitrogens is 1. The first-order valence-electron chi connectivity index (χ1n) is 11.9. The van der Waals surface area contributed by atoms with Crippen LogP contribution in [0.25, 0.3) is 23.1 Å². The number of fused-ring (bicyclic) bond motifs is 1. The van der Waals surface area contributed by atoms with Gasteiger partial charge in [-0.3, -0.25) is 0 Å². The molecule has 4 rings (SSSR count). The molecule has 0 saturated carbocycles. The van der Waals surface area contributed by atoms with E-state index in [1.54, 1.807) is 31.2 Å². The van der Waals surface area contributed by atoms with Crippen LogP contribution in [-0.2, 0) is 9.47 Å².